The standard InChI is InChI=1S/C8H10N2O3/c1-4(2)5-3-6(7(11)12)10-8(13)9-5/h3-4H,1-2H3,(H,11,12)(H,9,10,13). The highest BCUT2D eigenvalue weighted by atomic mass is 16.4. The molecule has 0 fully saturated rings. The summed E-state index contributed by atoms with van der Waals surface area (Å²) < 4.78 is 0. The van der Waals surface area contributed by atoms with E-state index in [-0.39, 0.29) is 11.6 Å². The zero-order valence-corrected chi connectivity index (χ0v) is 7.37. The maximum absolute atomic E-state index is 10.9. The zero-order chi connectivity index (χ0) is 10.0. The Balaban J connectivity index is 3.27. The molecule has 1 heterocycles. The summed E-state index contributed by atoms with van der Waals surface area (Å²) in [5.74, 6) is -1.11. The van der Waals surface area contributed by atoms with Gasteiger partial charge in [0.1, 0.15) is 0 Å². The largest absolute Gasteiger partial charge is 0.477 e. The quantitative estimate of drug-likeness (QED) is 0.701. The first-order valence-electron chi connectivity index (χ1n) is 3.85. The Labute approximate surface area is 74.4 Å². The van der Waals surface area contributed by atoms with Gasteiger partial charge in [-0.1, -0.05) is 13.8 Å². The van der Waals surface area contributed by atoms with Gasteiger partial charge in [0.05, 0.1) is 0 Å². The maximum Gasteiger partial charge on any atom is 0.354 e. The van der Waals surface area contributed by atoms with Crippen LogP contribution in [-0.2, 0) is 0 Å². The van der Waals surface area contributed by atoms with Gasteiger partial charge in [-0.2, -0.15) is 4.98 Å². The molecule has 1 rings (SSSR count). The third-order valence-corrected chi connectivity index (χ3v) is 1.61. The van der Waals surface area contributed by atoms with Crippen molar-refractivity contribution in [2.75, 3.05) is 0 Å². The first kappa shape index (κ1) is 9.44. The molecule has 0 saturated carbocycles. The fraction of sp³-hybridized carbons (Fsp3) is 0.375. The molecule has 0 aliphatic heterocycles. The van der Waals surface area contributed by atoms with Gasteiger partial charge >= 0.3 is 11.7 Å². The monoisotopic (exact) mass is 182 g/mol. The van der Waals surface area contributed by atoms with Crippen LogP contribution in [0.3, 0.4) is 0 Å². The number of H-pyrrole nitrogens is 1. The Bertz CT molecular complexity index is 381. The molecule has 0 amide bonds. The molecule has 0 saturated heterocycles. The summed E-state index contributed by atoms with van der Waals surface area (Å²) in [7, 11) is 0. The van der Waals surface area contributed by atoms with E-state index in [0.29, 0.717) is 5.69 Å². The molecular weight excluding hydrogens is 172 g/mol. The van der Waals surface area contributed by atoms with Crippen molar-refractivity contribution < 1.29 is 9.90 Å². The number of carbonyl (C=O) groups is 1. The summed E-state index contributed by atoms with van der Waals surface area (Å²) in [4.78, 5) is 27.2. The van der Waals surface area contributed by atoms with Crippen LogP contribution < -0.4 is 5.69 Å². The van der Waals surface area contributed by atoms with Crippen LogP contribution in [0.1, 0.15) is 35.9 Å². The lowest BCUT2D eigenvalue weighted by molar-refractivity contribution is 0.0689. The third kappa shape index (κ3) is 2.14. The van der Waals surface area contributed by atoms with Gasteiger partial charge in [-0.05, 0) is 12.0 Å². The summed E-state index contributed by atoms with van der Waals surface area (Å²) in [5, 5.41) is 8.60. The van der Waals surface area contributed by atoms with E-state index < -0.39 is 11.7 Å². The summed E-state index contributed by atoms with van der Waals surface area (Å²) in [6.45, 7) is 3.72. The van der Waals surface area contributed by atoms with Crippen LogP contribution in [0, 0.1) is 0 Å². The number of aromatic carboxylic acids is 1. The maximum atomic E-state index is 10.9. The summed E-state index contributed by atoms with van der Waals surface area (Å²) in [6, 6.07) is 1.37. The van der Waals surface area contributed by atoms with E-state index in [1.54, 1.807) is 0 Å². The number of aromatic nitrogens is 2. The number of nitrogens with zero attached hydrogens (tertiary/aromatic N) is 1. The molecule has 0 radical (unpaired) electrons. The van der Waals surface area contributed by atoms with Crippen LogP contribution in [-0.4, -0.2) is 21.0 Å². The van der Waals surface area contributed by atoms with Gasteiger partial charge in [0, 0.05) is 5.69 Å². The number of carboxylic acid groups (broad SMARTS) is 1. The van der Waals surface area contributed by atoms with Crippen molar-refractivity contribution in [1.29, 1.82) is 0 Å². The molecular formula is C8H10N2O3. The molecule has 1 aromatic rings. The highest BCUT2D eigenvalue weighted by molar-refractivity contribution is 5.85. The van der Waals surface area contributed by atoms with Gasteiger partial charge in [-0.25, -0.2) is 9.59 Å². The molecule has 5 nitrogen and oxygen atoms in total. The predicted molar refractivity (Wildman–Crippen MR) is 45.9 cm³/mol. The van der Waals surface area contributed by atoms with Gasteiger partial charge in [-0.3, -0.25) is 0 Å². The van der Waals surface area contributed by atoms with Crippen molar-refractivity contribution in [3.63, 3.8) is 0 Å². The van der Waals surface area contributed by atoms with Crippen molar-refractivity contribution >= 4 is 5.97 Å². The van der Waals surface area contributed by atoms with Gasteiger partial charge in [0.15, 0.2) is 5.69 Å². The van der Waals surface area contributed by atoms with Crippen molar-refractivity contribution in [3.8, 4) is 0 Å². The van der Waals surface area contributed by atoms with E-state index in [4.69, 9.17) is 5.11 Å². The molecule has 70 valence electrons. The van der Waals surface area contributed by atoms with E-state index in [1.165, 1.54) is 6.07 Å². The molecule has 0 atom stereocenters. The van der Waals surface area contributed by atoms with E-state index in [9.17, 15) is 9.59 Å². The van der Waals surface area contributed by atoms with Gasteiger partial charge in [0.2, 0.25) is 0 Å². The number of aromatic amines is 1. The smallest absolute Gasteiger partial charge is 0.354 e. The van der Waals surface area contributed by atoms with Crippen LogP contribution in [0.15, 0.2) is 10.9 Å². The molecule has 5 heteroatoms. The zero-order valence-electron chi connectivity index (χ0n) is 7.37. The lowest BCUT2D eigenvalue weighted by Crippen LogP contribution is -2.18. The molecule has 0 unspecified atom stereocenters. The second kappa shape index (κ2) is 3.38. The average molecular weight is 182 g/mol. The van der Waals surface area contributed by atoms with Crippen LogP contribution in [0.2, 0.25) is 0 Å². The van der Waals surface area contributed by atoms with Crippen LogP contribution in [0.5, 0.6) is 0 Å². The Morgan fingerprint density at radius 2 is 2.23 bits per heavy atom. The molecule has 0 aromatic carbocycles. The Hall–Kier alpha value is -1.65. The topological polar surface area (TPSA) is 83.0 Å². The van der Waals surface area contributed by atoms with E-state index >= 15 is 0 Å². The summed E-state index contributed by atoms with van der Waals surface area (Å²) >= 11 is 0. The minimum atomic E-state index is -1.19. The number of nitrogens with one attached hydrogen (secondary N) is 1. The number of carboxylic acids is 1. The third-order valence-electron chi connectivity index (χ3n) is 1.61. The number of hydrogen-bond donors (Lipinski definition) is 2. The van der Waals surface area contributed by atoms with Gasteiger partial charge in [-0.15, -0.1) is 0 Å². The molecule has 0 aliphatic carbocycles. The Kier molecular flexibility index (Phi) is 2.46. The fourth-order valence-corrected chi connectivity index (χ4v) is 0.897. The molecule has 0 bridgehead atoms. The fourth-order valence-electron chi connectivity index (χ4n) is 0.897. The number of hydrogen-bond acceptors (Lipinski definition) is 3. The molecule has 0 spiro atoms. The first-order valence-corrected chi connectivity index (χ1v) is 3.85. The lowest BCUT2D eigenvalue weighted by atomic mass is 10.1. The Morgan fingerprint density at radius 1 is 1.62 bits per heavy atom. The molecule has 13 heavy (non-hydrogen) atoms. The predicted octanol–water partition coefficient (Wildman–Crippen LogP) is 0.592. The second-order valence-electron chi connectivity index (χ2n) is 2.99. The molecule has 0 aliphatic rings. The second-order valence-corrected chi connectivity index (χ2v) is 2.99. The van der Waals surface area contributed by atoms with Crippen molar-refractivity contribution in [2.45, 2.75) is 19.8 Å². The van der Waals surface area contributed by atoms with Gasteiger partial charge < -0.3 is 10.1 Å². The minimum Gasteiger partial charge on any atom is -0.477 e. The minimum absolute atomic E-state index is 0.0776. The normalized spacial score (nSPS) is 10.4. The molecule has 2 N–H and O–H groups in total. The lowest BCUT2D eigenvalue weighted by Gasteiger charge is -2.04. The van der Waals surface area contributed by atoms with Crippen molar-refractivity contribution in [1.82, 2.24) is 9.97 Å². The van der Waals surface area contributed by atoms with E-state index in [1.807, 2.05) is 13.8 Å². The highest BCUT2D eigenvalue weighted by Gasteiger charge is 2.09. The Morgan fingerprint density at radius 3 is 2.69 bits per heavy atom. The highest BCUT2D eigenvalue weighted by Crippen LogP contribution is 2.09. The first-order chi connectivity index (χ1) is 6.00. The summed E-state index contributed by atoms with van der Waals surface area (Å²) in [6.07, 6.45) is 0. The van der Waals surface area contributed by atoms with E-state index in [2.05, 4.69) is 9.97 Å². The van der Waals surface area contributed by atoms with Crippen molar-refractivity contribution in [2.24, 2.45) is 0 Å². The number of rotatable bonds is 2. The SMILES string of the molecule is CC(C)c1cc(C(=O)O)nc(=O)[nH]1. The van der Waals surface area contributed by atoms with Gasteiger partial charge in [0.25, 0.3) is 0 Å². The average Bonchev–Trinajstić information content (AvgIpc) is 2.03. The van der Waals surface area contributed by atoms with Crippen molar-refractivity contribution in [3.05, 3.63) is 27.9 Å². The summed E-state index contributed by atoms with van der Waals surface area (Å²) in [5.41, 5.74) is -0.256. The van der Waals surface area contributed by atoms with Crippen LogP contribution in [0.25, 0.3) is 0 Å². The molecule has 1 aromatic heterocycles. The van der Waals surface area contributed by atoms with E-state index in [0.717, 1.165) is 0 Å². The van der Waals surface area contributed by atoms with Crippen LogP contribution >= 0.6 is 0 Å². The van der Waals surface area contributed by atoms with Crippen LogP contribution in [0.4, 0.5) is 0 Å².